The van der Waals surface area contributed by atoms with E-state index >= 15 is 0 Å². The average molecular weight is 553 g/mol. The molecule has 1 heterocycles. The number of thioether (sulfide) groups is 2. The molecule has 3 aromatic carbocycles. The molecule has 38 heavy (non-hydrogen) atoms. The summed E-state index contributed by atoms with van der Waals surface area (Å²) in [5.74, 6) is 4.18. The van der Waals surface area contributed by atoms with E-state index in [1.54, 1.807) is 7.11 Å². The first kappa shape index (κ1) is 28.2. The molecule has 1 unspecified atom stereocenters. The van der Waals surface area contributed by atoms with Gasteiger partial charge in [0.05, 0.1) is 13.7 Å². The molecular weight excluding hydrogens is 516 g/mol. The lowest BCUT2D eigenvalue weighted by molar-refractivity contribution is -0.134. The van der Waals surface area contributed by atoms with Crippen LogP contribution in [0.15, 0.2) is 53.4 Å². The number of carboxylic acids is 1. The molecule has 202 valence electrons. The van der Waals surface area contributed by atoms with Crippen molar-refractivity contribution in [3.8, 4) is 28.4 Å². The van der Waals surface area contributed by atoms with Gasteiger partial charge in [-0.2, -0.15) is 11.8 Å². The summed E-state index contributed by atoms with van der Waals surface area (Å²) in [5.41, 5.74) is 7.70. The van der Waals surface area contributed by atoms with Crippen molar-refractivity contribution in [2.24, 2.45) is 0 Å². The normalized spacial score (nSPS) is 15.2. The largest absolute Gasteiger partial charge is 0.496 e. The van der Waals surface area contributed by atoms with Gasteiger partial charge in [-0.1, -0.05) is 24.3 Å². The number of ether oxygens (including phenoxy) is 3. The van der Waals surface area contributed by atoms with Crippen molar-refractivity contribution in [1.82, 2.24) is 0 Å². The smallest absolute Gasteiger partial charge is 0.300 e. The summed E-state index contributed by atoms with van der Waals surface area (Å²) in [6.45, 7) is 3.96. The van der Waals surface area contributed by atoms with E-state index in [1.165, 1.54) is 44.9 Å². The minimum atomic E-state index is -0.833. The molecule has 0 fully saturated rings. The first-order valence-electron chi connectivity index (χ1n) is 13.0. The van der Waals surface area contributed by atoms with E-state index in [0.29, 0.717) is 0 Å². The molecule has 5 rings (SSSR count). The zero-order valence-electron chi connectivity index (χ0n) is 22.5. The second-order valence-corrected chi connectivity index (χ2v) is 11.5. The molecular formula is C31H36O5S2. The van der Waals surface area contributed by atoms with Crippen molar-refractivity contribution in [3.63, 3.8) is 0 Å². The molecule has 1 aliphatic carbocycles. The third-order valence-electron chi connectivity index (χ3n) is 6.69. The van der Waals surface area contributed by atoms with E-state index in [0.717, 1.165) is 61.4 Å². The molecule has 0 saturated heterocycles. The van der Waals surface area contributed by atoms with Crippen molar-refractivity contribution in [2.75, 3.05) is 31.5 Å². The highest BCUT2D eigenvalue weighted by Crippen LogP contribution is 2.45. The van der Waals surface area contributed by atoms with Gasteiger partial charge in [0, 0.05) is 29.2 Å². The second-order valence-electron chi connectivity index (χ2n) is 9.42. The third kappa shape index (κ3) is 6.80. The van der Waals surface area contributed by atoms with E-state index in [2.05, 4.69) is 55.6 Å². The van der Waals surface area contributed by atoms with Crippen LogP contribution in [-0.2, 0) is 17.6 Å². The van der Waals surface area contributed by atoms with Gasteiger partial charge in [0.25, 0.3) is 5.97 Å². The SMILES string of the molecule is CC(=O)O.COc1cc(OCCCSC)cc(C)c1-c1cccc2c1CCC2Oc1ccc2c(c1)SCC2. The van der Waals surface area contributed by atoms with E-state index in [-0.39, 0.29) is 6.10 Å². The lowest BCUT2D eigenvalue weighted by Crippen LogP contribution is -2.04. The lowest BCUT2D eigenvalue weighted by atomic mass is 9.92. The van der Waals surface area contributed by atoms with Crippen molar-refractivity contribution in [1.29, 1.82) is 0 Å². The summed E-state index contributed by atoms with van der Waals surface area (Å²) in [6.07, 6.45) is 6.42. The number of hydrogen-bond donors (Lipinski definition) is 1. The van der Waals surface area contributed by atoms with Gasteiger partial charge in [-0.15, -0.1) is 11.8 Å². The Kier molecular flexibility index (Phi) is 9.91. The summed E-state index contributed by atoms with van der Waals surface area (Å²) in [6, 6.07) is 17.4. The zero-order chi connectivity index (χ0) is 27.1. The van der Waals surface area contributed by atoms with Crippen molar-refractivity contribution in [2.45, 2.75) is 50.5 Å². The van der Waals surface area contributed by atoms with Crippen LogP contribution in [0, 0.1) is 6.92 Å². The van der Waals surface area contributed by atoms with Gasteiger partial charge in [-0.05, 0) is 90.6 Å². The summed E-state index contributed by atoms with van der Waals surface area (Å²) in [5, 5.41) is 7.42. The number of hydrogen-bond acceptors (Lipinski definition) is 6. The van der Waals surface area contributed by atoms with Crippen LogP contribution in [0.25, 0.3) is 11.1 Å². The number of aryl methyl sites for hydroxylation is 2. The maximum Gasteiger partial charge on any atom is 0.300 e. The van der Waals surface area contributed by atoms with Gasteiger partial charge >= 0.3 is 0 Å². The Morgan fingerprint density at radius 2 is 1.95 bits per heavy atom. The fourth-order valence-corrected chi connectivity index (χ4v) is 6.57. The van der Waals surface area contributed by atoms with Gasteiger partial charge in [-0.25, -0.2) is 0 Å². The molecule has 1 N–H and O–H groups in total. The molecule has 1 aliphatic heterocycles. The van der Waals surface area contributed by atoms with Crippen molar-refractivity contribution in [3.05, 3.63) is 70.8 Å². The van der Waals surface area contributed by atoms with Crippen LogP contribution in [0.2, 0.25) is 0 Å². The van der Waals surface area contributed by atoms with Crippen LogP contribution in [-0.4, -0.2) is 42.6 Å². The number of rotatable bonds is 9. The molecule has 1 atom stereocenters. The van der Waals surface area contributed by atoms with Crippen LogP contribution in [0.1, 0.15) is 48.1 Å². The van der Waals surface area contributed by atoms with E-state index in [1.807, 2.05) is 29.6 Å². The molecule has 0 saturated carbocycles. The van der Waals surface area contributed by atoms with Crippen LogP contribution >= 0.6 is 23.5 Å². The minimum Gasteiger partial charge on any atom is -0.496 e. The Hall–Kier alpha value is -2.77. The quantitative estimate of drug-likeness (QED) is 0.274. The predicted octanol–water partition coefficient (Wildman–Crippen LogP) is 7.61. The number of carbonyl (C=O) groups is 1. The van der Waals surface area contributed by atoms with Crippen molar-refractivity contribution < 1.29 is 24.1 Å². The Bertz CT molecular complexity index is 1270. The monoisotopic (exact) mass is 552 g/mol. The van der Waals surface area contributed by atoms with Gasteiger partial charge in [0.1, 0.15) is 23.4 Å². The molecule has 2 aliphatic rings. The Balaban J connectivity index is 0.000000786. The van der Waals surface area contributed by atoms with E-state index in [4.69, 9.17) is 24.1 Å². The summed E-state index contributed by atoms with van der Waals surface area (Å²) in [4.78, 5) is 10.4. The topological polar surface area (TPSA) is 65.0 Å². The molecule has 7 heteroatoms. The number of fused-ring (bicyclic) bond motifs is 2. The predicted molar refractivity (Wildman–Crippen MR) is 158 cm³/mol. The van der Waals surface area contributed by atoms with Crippen LogP contribution in [0.5, 0.6) is 17.2 Å². The molecule has 5 nitrogen and oxygen atoms in total. The van der Waals surface area contributed by atoms with Gasteiger partial charge in [0.2, 0.25) is 0 Å². The number of aliphatic carboxylic acids is 1. The Morgan fingerprint density at radius 3 is 2.71 bits per heavy atom. The summed E-state index contributed by atoms with van der Waals surface area (Å²) in [7, 11) is 1.75. The van der Waals surface area contributed by atoms with E-state index < -0.39 is 5.97 Å². The highest BCUT2D eigenvalue weighted by Gasteiger charge is 2.28. The first-order valence-corrected chi connectivity index (χ1v) is 15.3. The number of methoxy groups -OCH3 is 1. The molecule has 0 spiro atoms. The highest BCUT2D eigenvalue weighted by molar-refractivity contribution is 7.99. The second kappa shape index (κ2) is 13.3. The molecule has 0 bridgehead atoms. The van der Waals surface area contributed by atoms with Gasteiger partial charge < -0.3 is 19.3 Å². The number of carboxylic acid groups (broad SMARTS) is 1. The van der Waals surface area contributed by atoms with Crippen LogP contribution < -0.4 is 14.2 Å². The van der Waals surface area contributed by atoms with E-state index in [9.17, 15) is 0 Å². The molecule has 0 aromatic heterocycles. The van der Waals surface area contributed by atoms with Crippen molar-refractivity contribution >= 4 is 29.5 Å². The fraction of sp³-hybridized carbons (Fsp3) is 0.387. The van der Waals surface area contributed by atoms with Crippen LogP contribution in [0.3, 0.4) is 0 Å². The Labute approximate surface area is 234 Å². The number of benzene rings is 3. The fourth-order valence-electron chi connectivity index (χ4n) is 5.06. The van der Waals surface area contributed by atoms with Gasteiger partial charge in [-0.3, -0.25) is 4.79 Å². The molecule has 0 amide bonds. The first-order chi connectivity index (χ1) is 18.4. The standard InChI is InChI=1S/C29H32O3S2.C2H4O2/c1-19-16-22(31-13-5-14-33-3)17-27(30-2)29(19)25-7-4-6-24-23(25)10-11-26(24)32-21-9-8-20-12-15-34-28(20)18-21;1-2(3)4/h4,6-9,16-18,26H,5,10-15H2,1-3H3;1H3,(H,3,4). The lowest BCUT2D eigenvalue weighted by Gasteiger charge is -2.19. The van der Waals surface area contributed by atoms with Crippen LogP contribution in [0.4, 0.5) is 0 Å². The summed E-state index contributed by atoms with van der Waals surface area (Å²) < 4.78 is 18.4. The third-order valence-corrected chi connectivity index (χ3v) is 8.48. The average Bonchev–Trinajstić information content (AvgIpc) is 3.53. The Morgan fingerprint density at radius 1 is 1.13 bits per heavy atom. The summed E-state index contributed by atoms with van der Waals surface area (Å²) >= 11 is 3.78. The minimum absolute atomic E-state index is 0.0877. The van der Waals surface area contributed by atoms with Gasteiger partial charge in [0.15, 0.2) is 0 Å². The maximum atomic E-state index is 9.00. The molecule has 3 aromatic rings. The highest BCUT2D eigenvalue weighted by atomic mass is 32.2. The molecule has 0 radical (unpaired) electrons. The maximum absolute atomic E-state index is 9.00. The zero-order valence-corrected chi connectivity index (χ0v) is 24.2.